The predicted molar refractivity (Wildman–Crippen MR) is 63.6 cm³/mol. The molecule has 0 amide bonds. The van der Waals surface area contributed by atoms with Crippen molar-refractivity contribution < 1.29 is 9.57 Å². The maximum absolute atomic E-state index is 6.35. The summed E-state index contributed by atoms with van der Waals surface area (Å²) >= 11 is 6.35. The summed E-state index contributed by atoms with van der Waals surface area (Å²) in [6.07, 6.45) is 4.53. The molecule has 4 heteroatoms. The number of aryl methyl sites for hydroxylation is 1. The largest absolute Gasteiger partial charge is 0.495 e. The summed E-state index contributed by atoms with van der Waals surface area (Å²) in [5.74, 6) is 5.81. The summed E-state index contributed by atoms with van der Waals surface area (Å²) in [5.41, 5.74) is 3.46. The van der Waals surface area contributed by atoms with E-state index in [9.17, 15) is 0 Å². The molecule has 0 aliphatic heterocycles. The monoisotopic (exact) mass is 241 g/mol. The van der Waals surface area contributed by atoms with Crippen LogP contribution >= 0.6 is 11.6 Å². The van der Waals surface area contributed by atoms with Gasteiger partial charge in [-0.25, -0.2) is 5.90 Å². The van der Waals surface area contributed by atoms with Crippen LogP contribution in [0.2, 0.25) is 5.02 Å². The van der Waals surface area contributed by atoms with Crippen LogP contribution in [0.3, 0.4) is 0 Å². The third kappa shape index (κ3) is 2.03. The van der Waals surface area contributed by atoms with E-state index in [1.165, 1.54) is 24.0 Å². The van der Waals surface area contributed by atoms with Gasteiger partial charge in [-0.05, 0) is 42.9 Å². The Balaban J connectivity index is 2.50. The maximum atomic E-state index is 6.35. The molecule has 16 heavy (non-hydrogen) atoms. The minimum absolute atomic E-state index is 0.330. The van der Waals surface area contributed by atoms with Crippen LogP contribution in [-0.2, 0) is 24.3 Å². The first-order valence-electron chi connectivity index (χ1n) is 5.46. The van der Waals surface area contributed by atoms with Crippen LogP contribution in [0.1, 0.15) is 29.5 Å². The smallest absolute Gasteiger partial charge is 0.143 e. The van der Waals surface area contributed by atoms with Gasteiger partial charge in [-0.3, -0.25) is 4.84 Å². The van der Waals surface area contributed by atoms with Gasteiger partial charge in [0.05, 0.1) is 18.7 Å². The molecule has 0 heterocycles. The average Bonchev–Trinajstić information content (AvgIpc) is 2.30. The van der Waals surface area contributed by atoms with Crippen molar-refractivity contribution in [3.8, 4) is 5.75 Å². The van der Waals surface area contributed by atoms with Gasteiger partial charge in [-0.2, -0.15) is 0 Å². The van der Waals surface area contributed by atoms with Gasteiger partial charge < -0.3 is 4.74 Å². The molecular weight excluding hydrogens is 226 g/mol. The van der Waals surface area contributed by atoms with Crippen molar-refractivity contribution in [3.63, 3.8) is 0 Å². The van der Waals surface area contributed by atoms with Gasteiger partial charge >= 0.3 is 0 Å². The number of fused-ring (bicyclic) bond motifs is 1. The Morgan fingerprint density at radius 1 is 1.38 bits per heavy atom. The van der Waals surface area contributed by atoms with Crippen LogP contribution in [-0.4, -0.2) is 7.11 Å². The minimum atomic E-state index is 0.330. The molecule has 1 aromatic carbocycles. The van der Waals surface area contributed by atoms with Crippen molar-refractivity contribution in [3.05, 3.63) is 27.8 Å². The Morgan fingerprint density at radius 3 is 2.81 bits per heavy atom. The number of halogens is 1. The molecule has 0 aromatic heterocycles. The Labute approximate surface area is 100 Å². The molecule has 1 aromatic rings. The van der Waals surface area contributed by atoms with E-state index in [2.05, 4.69) is 10.9 Å². The lowest BCUT2D eigenvalue weighted by Gasteiger charge is -2.21. The Kier molecular flexibility index (Phi) is 3.69. The Bertz CT molecular complexity index is 393. The van der Waals surface area contributed by atoms with E-state index in [1.54, 1.807) is 7.11 Å². The number of rotatable bonds is 3. The maximum Gasteiger partial charge on any atom is 0.143 e. The number of hydrogen-bond donors (Lipinski definition) is 1. The molecule has 0 saturated heterocycles. The number of methoxy groups -OCH3 is 1. The first kappa shape index (κ1) is 11.7. The summed E-state index contributed by atoms with van der Waals surface area (Å²) in [6, 6.07) is 2.10. The molecule has 0 atom stereocenters. The van der Waals surface area contributed by atoms with Crippen molar-refractivity contribution >= 4 is 11.6 Å². The SMILES string of the molecule is COc1c(CON)cc2c(c1Cl)CCCC2. The second kappa shape index (κ2) is 5.04. The lowest BCUT2D eigenvalue weighted by Crippen LogP contribution is -2.08. The Hall–Kier alpha value is -0.770. The van der Waals surface area contributed by atoms with Crippen LogP contribution in [0.15, 0.2) is 6.07 Å². The summed E-state index contributed by atoms with van der Waals surface area (Å²) in [7, 11) is 1.62. The zero-order valence-electron chi connectivity index (χ0n) is 9.38. The van der Waals surface area contributed by atoms with Crippen molar-refractivity contribution in [1.29, 1.82) is 0 Å². The van der Waals surface area contributed by atoms with Gasteiger partial charge in [0.1, 0.15) is 5.75 Å². The lowest BCUT2D eigenvalue weighted by molar-refractivity contribution is 0.122. The Morgan fingerprint density at radius 2 is 2.12 bits per heavy atom. The molecular formula is C12H16ClNO2. The molecule has 0 radical (unpaired) electrons. The van der Waals surface area contributed by atoms with Gasteiger partial charge in [0, 0.05) is 5.56 Å². The normalized spacial score (nSPS) is 14.7. The van der Waals surface area contributed by atoms with E-state index in [-0.39, 0.29) is 0 Å². The van der Waals surface area contributed by atoms with E-state index >= 15 is 0 Å². The van der Waals surface area contributed by atoms with Crippen LogP contribution in [0, 0.1) is 0 Å². The highest BCUT2D eigenvalue weighted by molar-refractivity contribution is 6.33. The average molecular weight is 242 g/mol. The van der Waals surface area contributed by atoms with Crippen LogP contribution in [0.5, 0.6) is 5.75 Å². The molecule has 3 nitrogen and oxygen atoms in total. The molecule has 1 aliphatic rings. The van der Waals surface area contributed by atoms with Gasteiger partial charge in [0.15, 0.2) is 0 Å². The minimum Gasteiger partial charge on any atom is -0.495 e. The first-order valence-corrected chi connectivity index (χ1v) is 5.84. The molecule has 0 saturated carbocycles. The third-order valence-corrected chi connectivity index (χ3v) is 3.46. The van der Waals surface area contributed by atoms with Crippen molar-refractivity contribution in [2.45, 2.75) is 32.3 Å². The number of nitrogens with two attached hydrogens (primary N) is 1. The lowest BCUT2D eigenvalue weighted by atomic mass is 9.90. The molecule has 0 spiro atoms. The predicted octanol–water partition coefficient (Wildman–Crippen LogP) is 2.62. The summed E-state index contributed by atoms with van der Waals surface area (Å²) < 4.78 is 5.33. The number of ether oxygens (including phenoxy) is 1. The van der Waals surface area contributed by atoms with Gasteiger partial charge in [-0.15, -0.1) is 0 Å². The summed E-state index contributed by atoms with van der Waals surface area (Å²) in [5, 5.41) is 0.728. The molecule has 88 valence electrons. The molecule has 1 aliphatic carbocycles. The van der Waals surface area contributed by atoms with E-state index in [1.807, 2.05) is 0 Å². The van der Waals surface area contributed by atoms with Gasteiger partial charge in [-0.1, -0.05) is 11.6 Å². The van der Waals surface area contributed by atoms with Crippen LogP contribution in [0.4, 0.5) is 0 Å². The fourth-order valence-electron chi connectivity index (χ4n) is 2.31. The third-order valence-electron chi connectivity index (χ3n) is 3.06. The van der Waals surface area contributed by atoms with Gasteiger partial charge in [0.25, 0.3) is 0 Å². The first-order chi connectivity index (χ1) is 7.77. The topological polar surface area (TPSA) is 44.5 Å². The second-order valence-electron chi connectivity index (χ2n) is 4.04. The molecule has 2 rings (SSSR count). The van der Waals surface area contributed by atoms with Gasteiger partial charge in [0.2, 0.25) is 0 Å². The highest BCUT2D eigenvalue weighted by Gasteiger charge is 2.19. The van der Waals surface area contributed by atoms with E-state index < -0.39 is 0 Å². The van der Waals surface area contributed by atoms with E-state index in [0.29, 0.717) is 12.4 Å². The molecule has 0 fully saturated rings. The standard InChI is InChI=1S/C12H16ClNO2/c1-15-12-9(7-16-14)6-8-4-2-3-5-10(8)11(12)13/h6H,2-5,7,14H2,1H3. The van der Waals surface area contributed by atoms with Crippen molar-refractivity contribution in [2.75, 3.05) is 7.11 Å². The molecule has 0 unspecified atom stereocenters. The second-order valence-corrected chi connectivity index (χ2v) is 4.42. The summed E-state index contributed by atoms with van der Waals surface area (Å²) in [6.45, 7) is 0.330. The van der Waals surface area contributed by atoms with E-state index in [4.69, 9.17) is 22.2 Å². The highest BCUT2D eigenvalue weighted by atomic mass is 35.5. The van der Waals surface area contributed by atoms with Crippen molar-refractivity contribution in [2.24, 2.45) is 5.90 Å². The fraction of sp³-hybridized carbons (Fsp3) is 0.500. The summed E-state index contributed by atoms with van der Waals surface area (Å²) in [4.78, 5) is 4.68. The van der Waals surface area contributed by atoms with E-state index in [0.717, 1.165) is 23.4 Å². The fourth-order valence-corrected chi connectivity index (χ4v) is 2.72. The molecule has 0 bridgehead atoms. The van der Waals surface area contributed by atoms with Crippen molar-refractivity contribution in [1.82, 2.24) is 0 Å². The zero-order chi connectivity index (χ0) is 11.5. The zero-order valence-corrected chi connectivity index (χ0v) is 10.1. The quantitative estimate of drug-likeness (QED) is 0.828. The number of hydrogen-bond acceptors (Lipinski definition) is 3. The highest BCUT2D eigenvalue weighted by Crippen LogP contribution is 2.38. The van der Waals surface area contributed by atoms with Crippen LogP contribution in [0.25, 0.3) is 0 Å². The molecule has 2 N–H and O–H groups in total. The number of benzene rings is 1. The van der Waals surface area contributed by atoms with Crippen LogP contribution < -0.4 is 10.6 Å².